The number of benzene rings is 3. The second-order valence-corrected chi connectivity index (χ2v) is 14.0. The largest absolute Gasteiger partial charge is 0.460 e. The van der Waals surface area contributed by atoms with Crippen molar-refractivity contribution in [2.75, 3.05) is 12.3 Å². The normalized spacial score (nSPS) is 22.7. The maximum atomic E-state index is 14.7. The smallest absolute Gasteiger partial charge is 0.459 e. The van der Waals surface area contributed by atoms with Gasteiger partial charge in [0.25, 0.3) is 5.56 Å². The Morgan fingerprint density at radius 3 is 2.61 bits per heavy atom. The second-order valence-electron chi connectivity index (χ2n) is 12.3. The Balaban J connectivity index is 1.27. The van der Waals surface area contributed by atoms with Gasteiger partial charge in [-0.15, -0.1) is 5.10 Å². The van der Waals surface area contributed by atoms with E-state index >= 15 is 0 Å². The number of H-pyrrole nitrogens is 1. The molecule has 0 amide bonds. The van der Waals surface area contributed by atoms with Crippen molar-refractivity contribution in [1.82, 2.24) is 24.7 Å². The molecular weight excluding hydrogens is 655 g/mol. The number of esters is 1. The minimum absolute atomic E-state index is 0.00581. The highest BCUT2D eigenvalue weighted by atomic mass is 31.2. The van der Waals surface area contributed by atoms with Gasteiger partial charge in [0.2, 0.25) is 11.6 Å². The average Bonchev–Trinajstić information content (AvgIpc) is 3.59. The molecule has 6 rings (SSSR count). The third-order valence-electron chi connectivity index (χ3n) is 8.30. The zero-order chi connectivity index (χ0) is 34.9. The first kappa shape index (κ1) is 34.2. The van der Waals surface area contributed by atoms with E-state index in [-0.39, 0.29) is 29.6 Å². The number of hydrogen-bond acceptors (Lipinski definition) is 12. The molecule has 49 heavy (non-hydrogen) atoms. The summed E-state index contributed by atoms with van der Waals surface area (Å²) in [5.41, 5.74) is 3.97. The zero-order valence-corrected chi connectivity index (χ0v) is 27.8. The van der Waals surface area contributed by atoms with Crippen molar-refractivity contribution in [3.63, 3.8) is 0 Å². The molecule has 6 atom stereocenters. The predicted molar refractivity (Wildman–Crippen MR) is 178 cm³/mol. The Morgan fingerprint density at radius 2 is 1.86 bits per heavy atom. The Morgan fingerprint density at radius 1 is 1.14 bits per heavy atom. The van der Waals surface area contributed by atoms with E-state index in [0.29, 0.717) is 5.39 Å². The summed E-state index contributed by atoms with van der Waals surface area (Å²) in [7, 11) is -4.47. The van der Waals surface area contributed by atoms with E-state index in [4.69, 9.17) is 24.3 Å². The minimum atomic E-state index is -4.47. The van der Waals surface area contributed by atoms with Gasteiger partial charge in [-0.25, -0.2) is 14.1 Å². The van der Waals surface area contributed by atoms with Gasteiger partial charge in [0.05, 0.1) is 18.5 Å². The fourth-order valence-electron chi connectivity index (χ4n) is 5.65. The van der Waals surface area contributed by atoms with Crippen molar-refractivity contribution in [3.8, 4) is 5.75 Å². The molecule has 15 nitrogen and oxygen atoms in total. The Labute approximate surface area is 280 Å². The van der Waals surface area contributed by atoms with Crippen molar-refractivity contribution in [2.45, 2.75) is 57.3 Å². The van der Waals surface area contributed by atoms with Crippen LogP contribution in [0.2, 0.25) is 0 Å². The third kappa shape index (κ3) is 7.08. The van der Waals surface area contributed by atoms with Gasteiger partial charge in [-0.1, -0.05) is 80.6 Å². The molecule has 5 aromatic rings. The highest BCUT2D eigenvalue weighted by molar-refractivity contribution is 7.52. The minimum Gasteiger partial charge on any atom is -0.460 e. The molecule has 2 aromatic heterocycles. The van der Waals surface area contributed by atoms with Crippen LogP contribution in [0.25, 0.3) is 16.4 Å². The second kappa shape index (κ2) is 13.7. The Kier molecular flexibility index (Phi) is 9.58. The van der Waals surface area contributed by atoms with E-state index in [9.17, 15) is 24.4 Å². The number of ether oxygens (including phenoxy) is 2. The predicted octanol–water partition coefficient (Wildman–Crippen LogP) is 3.27. The van der Waals surface area contributed by atoms with Gasteiger partial charge < -0.3 is 29.9 Å². The Hall–Kier alpha value is -4.63. The number of nitrogens with two attached hydrogens (primary N) is 1. The van der Waals surface area contributed by atoms with Crippen LogP contribution in [0.5, 0.6) is 5.75 Å². The van der Waals surface area contributed by atoms with Crippen molar-refractivity contribution in [3.05, 3.63) is 101 Å². The van der Waals surface area contributed by atoms with Crippen LogP contribution in [0, 0.1) is 5.92 Å². The molecular formula is C33H37N6O9P. The molecule has 1 aliphatic rings. The lowest BCUT2D eigenvalue weighted by atomic mass is 9.91. The van der Waals surface area contributed by atoms with Crippen LogP contribution in [-0.2, 0) is 30.0 Å². The molecule has 0 radical (unpaired) electrons. The highest BCUT2D eigenvalue weighted by Gasteiger charge is 2.54. The molecule has 6 N–H and O–H groups in total. The number of carbonyl (C=O) groups is 1. The van der Waals surface area contributed by atoms with Gasteiger partial charge in [-0.05, 0) is 29.9 Å². The lowest BCUT2D eigenvalue weighted by molar-refractivity contribution is -0.148. The number of anilines is 1. The highest BCUT2D eigenvalue weighted by Crippen LogP contribution is 2.49. The van der Waals surface area contributed by atoms with Crippen molar-refractivity contribution in [2.24, 2.45) is 5.92 Å². The topological polar surface area (TPSA) is 213 Å². The van der Waals surface area contributed by atoms with Crippen molar-refractivity contribution >= 4 is 36.1 Å². The van der Waals surface area contributed by atoms with Gasteiger partial charge in [0.1, 0.15) is 42.3 Å². The summed E-state index contributed by atoms with van der Waals surface area (Å²) in [5, 5.41) is 30.9. The van der Waals surface area contributed by atoms with E-state index < -0.39 is 61.8 Å². The number of nitrogens with one attached hydrogen (secondary N) is 2. The van der Waals surface area contributed by atoms with Crippen LogP contribution < -0.4 is 20.9 Å². The first-order valence-corrected chi connectivity index (χ1v) is 17.1. The lowest BCUT2D eigenvalue weighted by Crippen LogP contribution is -2.44. The maximum absolute atomic E-state index is 14.7. The first-order chi connectivity index (χ1) is 23.4. The van der Waals surface area contributed by atoms with E-state index in [1.807, 2.05) is 48.5 Å². The van der Waals surface area contributed by atoms with E-state index in [1.165, 1.54) is 13.1 Å². The van der Waals surface area contributed by atoms with Crippen LogP contribution in [0.3, 0.4) is 0 Å². The molecule has 1 aliphatic heterocycles. The summed E-state index contributed by atoms with van der Waals surface area (Å²) in [4.78, 5) is 32.1. The molecule has 1 unspecified atom stereocenters. The number of fused-ring (bicyclic) bond motifs is 2. The molecule has 1 saturated heterocycles. The van der Waals surface area contributed by atoms with E-state index in [0.717, 1.165) is 15.5 Å². The van der Waals surface area contributed by atoms with Gasteiger partial charge in [-0.2, -0.15) is 5.09 Å². The van der Waals surface area contributed by atoms with Crippen LogP contribution in [0.4, 0.5) is 5.95 Å². The quantitative estimate of drug-likeness (QED) is 0.0940. The van der Waals surface area contributed by atoms with Crippen molar-refractivity contribution < 1.29 is 38.1 Å². The van der Waals surface area contributed by atoms with Crippen LogP contribution >= 0.6 is 7.75 Å². The van der Waals surface area contributed by atoms with Crippen LogP contribution in [0.1, 0.15) is 38.1 Å². The molecule has 1 fully saturated rings. The number of aliphatic hydroxyl groups excluding tert-OH is 1. The van der Waals surface area contributed by atoms with E-state index in [2.05, 4.69) is 20.2 Å². The molecule has 3 aromatic carbocycles. The summed E-state index contributed by atoms with van der Waals surface area (Å²) in [6.07, 6.45) is -2.83. The summed E-state index contributed by atoms with van der Waals surface area (Å²) in [5.74, 6) is -1.09. The number of aromatic nitrogens is 4. The molecule has 0 spiro atoms. The SMILES string of the molecule is CC(C)[C@H](NP(=O)(OC[C@H]1O[C@@H](c2cnc3c(=O)[nH]c(N)nn23)[C@](C)(O)[C@@H]1O)Oc1cccc2ccccc12)C(=O)OCc1ccccc1. The molecule has 16 heteroatoms. The number of nitrogens with zero attached hydrogens (tertiary/aromatic N) is 3. The van der Waals surface area contributed by atoms with Crippen LogP contribution in [0.15, 0.2) is 83.8 Å². The molecule has 258 valence electrons. The van der Waals surface area contributed by atoms with Gasteiger partial charge >= 0.3 is 13.7 Å². The number of aliphatic hydroxyl groups is 2. The molecule has 0 aliphatic carbocycles. The third-order valence-corrected chi connectivity index (χ3v) is 9.82. The number of hydrogen-bond donors (Lipinski definition) is 5. The van der Waals surface area contributed by atoms with Crippen molar-refractivity contribution in [1.29, 1.82) is 0 Å². The number of nitrogen functional groups attached to an aromatic ring is 1. The molecule has 0 saturated carbocycles. The number of aromatic amines is 1. The average molecular weight is 693 g/mol. The summed E-state index contributed by atoms with van der Waals surface area (Å²) < 4.78 is 39.4. The molecule has 0 bridgehead atoms. The number of rotatable bonds is 12. The Bertz CT molecular complexity index is 2060. The monoisotopic (exact) mass is 692 g/mol. The summed E-state index contributed by atoms with van der Waals surface area (Å²) in [6.45, 7) is 4.27. The van der Waals surface area contributed by atoms with Gasteiger partial charge in [0, 0.05) is 5.39 Å². The zero-order valence-electron chi connectivity index (χ0n) is 26.9. The first-order valence-electron chi connectivity index (χ1n) is 15.6. The number of imidazole rings is 1. The summed E-state index contributed by atoms with van der Waals surface area (Å²) in [6, 6.07) is 20.5. The van der Waals surface area contributed by atoms with Gasteiger partial charge in [-0.3, -0.25) is 19.1 Å². The molecule has 3 heterocycles. The number of carbonyl (C=O) groups excluding carboxylic acids is 1. The van der Waals surface area contributed by atoms with Gasteiger partial charge in [0.15, 0.2) is 0 Å². The maximum Gasteiger partial charge on any atom is 0.459 e. The fraction of sp³-hybridized carbons (Fsp3) is 0.333. The van der Waals surface area contributed by atoms with E-state index in [1.54, 1.807) is 38.1 Å². The standard InChI is InChI=1S/C33H37N6O9P/c1-19(2)26(31(42)45-17-20-10-5-4-6-11-20)38-49(44,48-24-15-9-13-21-12-7-8-14-22(21)24)46-18-25-27(40)33(3,43)28(47-25)23-16-35-29-30(41)36-32(34)37-39(23)29/h4-16,19,25-28,40,43H,17-18H2,1-3H3,(H,38,44)(H3,34,36,37,41)/t25-,26+,27-,28+,33-,49?/m1/s1. The lowest BCUT2D eigenvalue weighted by Gasteiger charge is -2.28. The summed E-state index contributed by atoms with van der Waals surface area (Å²) >= 11 is 0. The van der Waals surface area contributed by atoms with Crippen LogP contribution in [-0.4, -0.2) is 66.2 Å². The fourth-order valence-corrected chi connectivity index (χ4v) is 7.34.